The Balaban J connectivity index is 0.000000845. The molecule has 0 aliphatic carbocycles. The molecule has 0 bridgehead atoms. The number of hydrogen-bond donors (Lipinski definition) is 1. The lowest BCUT2D eigenvalue weighted by Gasteiger charge is -2.20. The first-order valence-corrected chi connectivity index (χ1v) is 4.31. The van der Waals surface area contributed by atoms with Crippen LogP contribution in [0.5, 0.6) is 0 Å². The second kappa shape index (κ2) is 3.97. The van der Waals surface area contributed by atoms with Gasteiger partial charge in [-0.1, -0.05) is 6.07 Å². The Morgan fingerprint density at radius 2 is 2.15 bits per heavy atom. The third kappa shape index (κ3) is 1.78. The van der Waals surface area contributed by atoms with Gasteiger partial charge >= 0.3 is 0 Å². The Hall–Kier alpha value is -0.760. The molecule has 1 aliphatic rings. The molecule has 13 heavy (non-hydrogen) atoms. The smallest absolute Gasteiger partial charge is 0.146 e. The topological polar surface area (TPSA) is 12.0 Å². The van der Waals surface area contributed by atoms with Gasteiger partial charge in [-0.25, -0.2) is 4.39 Å². The van der Waals surface area contributed by atoms with Crippen molar-refractivity contribution >= 4 is 18.1 Å². The van der Waals surface area contributed by atoms with Crippen molar-refractivity contribution in [2.24, 2.45) is 0 Å². The van der Waals surface area contributed by atoms with Gasteiger partial charge in [-0.3, -0.25) is 0 Å². The maximum Gasteiger partial charge on any atom is 0.146 e. The average Bonchev–Trinajstić information content (AvgIpc) is 2.12. The third-order valence-corrected chi connectivity index (χ3v) is 2.40. The average molecular weight is 202 g/mol. The summed E-state index contributed by atoms with van der Waals surface area (Å²) >= 11 is 0. The second-order valence-corrected chi connectivity index (χ2v) is 3.25. The highest BCUT2D eigenvalue weighted by molar-refractivity contribution is 5.85. The molecule has 0 amide bonds. The van der Waals surface area contributed by atoms with E-state index in [1.165, 1.54) is 11.6 Å². The highest BCUT2D eigenvalue weighted by Gasteiger charge is 2.14. The lowest BCUT2D eigenvalue weighted by molar-refractivity contribution is 0.622. The third-order valence-electron chi connectivity index (χ3n) is 2.40. The van der Waals surface area contributed by atoms with E-state index in [4.69, 9.17) is 0 Å². The number of hydrogen-bond acceptors (Lipinski definition) is 1. The Morgan fingerprint density at radius 3 is 2.85 bits per heavy atom. The van der Waals surface area contributed by atoms with Crippen molar-refractivity contribution in [2.45, 2.75) is 19.8 Å². The minimum absolute atomic E-state index is 0. The minimum atomic E-state index is -0.115. The molecule has 0 fully saturated rings. The fourth-order valence-electron chi connectivity index (χ4n) is 1.72. The molecule has 3 heteroatoms. The van der Waals surface area contributed by atoms with Crippen LogP contribution in [-0.2, 0) is 6.42 Å². The van der Waals surface area contributed by atoms with E-state index in [0.717, 1.165) is 30.6 Å². The van der Waals surface area contributed by atoms with Crippen LogP contribution in [0, 0.1) is 12.7 Å². The molecule has 0 aromatic heterocycles. The zero-order chi connectivity index (χ0) is 8.55. The van der Waals surface area contributed by atoms with Crippen LogP contribution in [-0.4, -0.2) is 6.54 Å². The first-order valence-electron chi connectivity index (χ1n) is 4.31. The van der Waals surface area contributed by atoms with Gasteiger partial charge < -0.3 is 5.32 Å². The van der Waals surface area contributed by atoms with Gasteiger partial charge in [0.2, 0.25) is 0 Å². The van der Waals surface area contributed by atoms with Crippen LogP contribution in [0.15, 0.2) is 12.1 Å². The van der Waals surface area contributed by atoms with Crippen molar-refractivity contribution in [3.05, 3.63) is 29.1 Å². The summed E-state index contributed by atoms with van der Waals surface area (Å²) in [5.74, 6) is -0.115. The van der Waals surface area contributed by atoms with Crippen LogP contribution in [0.3, 0.4) is 0 Å². The summed E-state index contributed by atoms with van der Waals surface area (Å²) in [7, 11) is 0. The molecule has 72 valence electrons. The Morgan fingerprint density at radius 1 is 1.38 bits per heavy atom. The summed E-state index contributed by atoms with van der Waals surface area (Å²) in [4.78, 5) is 0. The number of benzene rings is 1. The van der Waals surface area contributed by atoms with E-state index in [0.29, 0.717) is 0 Å². The summed E-state index contributed by atoms with van der Waals surface area (Å²) in [6, 6.07) is 3.38. The van der Waals surface area contributed by atoms with Crippen LogP contribution in [0.25, 0.3) is 0 Å². The molecule has 0 radical (unpaired) electrons. The molecular weight excluding hydrogens is 189 g/mol. The highest BCUT2D eigenvalue weighted by atomic mass is 35.5. The van der Waals surface area contributed by atoms with Gasteiger partial charge in [0, 0.05) is 6.54 Å². The largest absolute Gasteiger partial charge is 0.382 e. The summed E-state index contributed by atoms with van der Waals surface area (Å²) in [5.41, 5.74) is 3.07. The number of rotatable bonds is 0. The summed E-state index contributed by atoms with van der Waals surface area (Å²) in [6.45, 7) is 2.93. The van der Waals surface area contributed by atoms with Crippen molar-refractivity contribution in [1.29, 1.82) is 0 Å². The fraction of sp³-hybridized carbons (Fsp3) is 0.400. The molecule has 0 spiro atoms. The fourth-order valence-corrected chi connectivity index (χ4v) is 1.72. The van der Waals surface area contributed by atoms with Crippen molar-refractivity contribution < 1.29 is 4.39 Å². The molecule has 1 N–H and O–H groups in total. The van der Waals surface area contributed by atoms with Gasteiger partial charge in [0.15, 0.2) is 0 Å². The van der Waals surface area contributed by atoms with Crippen molar-refractivity contribution in [3.8, 4) is 0 Å². The predicted molar refractivity (Wildman–Crippen MR) is 55.2 cm³/mol. The molecule has 0 atom stereocenters. The molecule has 0 saturated heterocycles. The SMILES string of the molecule is Cc1ccc(F)c2c1CCCN2.Cl. The maximum absolute atomic E-state index is 13.2. The molecule has 1 nitrogen and oxygen atoms in total. The second-order valence-electron chi connectivity index (χ2n) is 3.25. The number of aryl methyl sites for hydroxylation is 1. The highest BCUT2D eigenvalue weighted by Crippen LogP contribution is 2.27. The zero-order valence-corrected chi connectivity index (χ0v) is 8.38. The number of fused-ring (bicyclic) bond motifs is 1. The van der Waals surface area contributed by atoms with E-state index in [-0.39, 0.29) is 18.2 Å². The van der Waals surface area contributed by atoms with Crippen molar-refractivity contribution in [1.82, 2.24) is 0 Å². The van der Waals surface area contributed by atoms with E-state index < -0.39 is 0 Å². The van der Waals surface area contributed by atoms with Crippen LogP contribution >= 0.6 is 12.4 Å². The number of nitrogens with one attached hydrogen (secondary N) is 1. The molecule has 1 aromatic carbocycles. The summed E-state index contributed by atoms with van der Waals surface area (Å²) < 4.78 is 13.2. The summed E-state index contributed by atoms with van der Waals surface area (Å²) in [6.07, 6.45) is 2.11. The first kappa shape index (κ1) is 10.3. The van der Waals surface area contributed by atoms with E-state index in [9.17, 15) is 4.39 Å². The zero-order valence-electron chi connectivity index (χ0n) is 7.56. The lowest BCUT2D eigenvalue weighted by Crippen LogP contribution is -2.14. The van der Waals surface area contributed by atoms with Gasteiger partial charge in [-0.05, 0) is 37.0 Å². The Labute approximate surface area is 83.8 Å². The van der Waals surface area contributed by atoms with Gasteiger partial charge in [-0.2, -0.15) is 0 Å². The minimum Gasteiger partial charge on any atom is -0.382 e. The van der Waals surface area contributed by atoms with Crippen LogP contribution in [0.4, 0.5) is 10.1 Å². The molecule has 0 unspecified atom stereocenters. The van der Waals surface area contributed by atoms with Crippen LogP contribution in [0.2, 0.25) is 0 Å². The monoisotopic (exact) mass is 201 g/mol. The van der Waals surface area contributed by atoms with E-state index in [1.54, 1.807) is 0 Å². The lowest BCUT2D eigenvalue weighted by atomic mass is 9.98. The molecule has 1 aromatic rings. The normalized spacial score (nSPS) is 14.0. The number of halogens is 2. The van der Waals surface area contributed by atoms with Gasteiger partial charge in [-0.15, -0.1) is 12.4 Å². The Bertz CT molecular complexity index is 281. The summed E-state index contributed by atoms with van der Waals surface area (Å²) in [5, 5.41) is 3.10. The van der Waals surface area contributed by atoms with E-state index >= 15 is 0 Å². The van der Waals surface area contributed by atoms with Crippen LogP contribution in [0.1, 0.15) is 17.5 Å². The molecule has 1 aliphatic heterocycles. The standard InChI is InChI=1S/C10H12FN.ClH/c1-7-4-5-9(11)10-8(7)3-2-6-12-10;/h4-5,12H,2-3,6H2,1H3;1H. The molecule has 2 rings (SSSR count). The molecular formula is C10H13ClFN. The van der Waals surface area contributed by atoms with Gasteiger partial charge in [0.05, 0.1) is 5.69 Å². The van der Waals surface area contributed by atoms with Crippen LogP contribution < -0.4 is 5.32 Å². The maximum atomic E-state index is 13.2. The quantitative estimate of drug-likeness (QED) is 0.681. The van der Waals surface area contributed by atoms with Gasteiger partial charge in [0.25, 0.3) is 0 Å². The van der Waals surface area contributed by atoms with Crippen molar-refractivity contribution in [2.75, 3.05) is 11.9 Å². The van der Waals surface area contributed by atoms with Crippen molar-refractivity contribution in [3.63, 3.8) is 0 Å². The van der Waals surface area contributed by atoms with E-state index in [1.807, 2.05) is 13.0 Å². The van der Waals surface area contributed by atoms with E-state index in [2.05, 4.69) is 5.32 Å². The van der Waals surface area contributed by atoms with Gasteiger partial charge in [0.1, 0.15) is 5.82 Å². The molecule has 0 saturated carbocycles. The number of anilines is 1. The molecule has 1 heterocycles. The first-order chi connectivity index (χ1) is 5.79. The predicted octanol–water partition coefficient (Wildman–Crippen LogP) is 2.91. The Kier molecular flexibility index (Phi) is 3.15.